The summed E-state index contributed by atoms with van der Waals surface area (Å²) in [6, 6.07) is 3.34. The van der Waals surface area contributed by atoms with E-state index in [0.717, 1.165) is 29.0 Å². The van der Waals surface area contributed by atoms with Crippen molar-refractivity contribution < 1.29 is 17.7 Å². The molecule has 2 aromatic heterocycles. The Morgan fingerprint density at radius 2 is 2.23 bits per heavy atom. The van der Waals surface area contributed by atoms with Gasteiger partial charge >= 0.3 is 0 Å². The van der Waals surface area contributed by atoms with Crippen LogP contribution in [0.3, 0.4) is 0 Å². The molecule has 1 atom stereocenters. The molecule has 8 heteroatoms. The fourth-order valence-electron chi connectivity index (χ4n) is 2.31. The molecule has 1 aliphatic rings. The van der Waals surface area contributed by atoms with Gasteiger partial charge in [0.1, 0.15) is 4.21 Å². The highest BCUT2D eigenvalue weighted by atomic mass is 32.2. The number of nitrogens with one attached hydrogen (secondary N) is 1. The van der Waals surface area contributed by atoms with Gasteiger partial charge in [0.25, 0.3) is 0 Å². The van der Waals surface area contributed by atoms with Gasteiger partial charge in [-0.25, -0.2) is 13.1 Å². The van der Waals surface area contributed by atoms with Crippen molar-refractivity contribution in [2.75, 3.05) is 13.2 Å². The average Bonchev–Trinajstić information content (AvgIpc) is 3.20. The quantitative estimate of drug-likeness (QED) is 0.903. The standard InChI is InChI=1S/C14H18N2O4S2/c1-9-10(2)16-20-14(9)12-5-6-13(21-12)22(17,18)15-8-11-4-3-7-19-11/h5-6,11,15H,3-4,7-8H2,1-2H3. The van der Waals surface area contributed by atoms with Crippen LogP contribution >= 0.6 is 11.3 Å². The van der Waals surface area contributed by atoms with E-state index in [1.165, 1.54) is 11.3 Å². The maximum Gasteiger partial charge on any atom is 0.250 e. The molecule has 0 aromatic carbocycles. The second-order valence-electron chi connectivity index (χ2n) is 5.33. The van der Waals surface area contributed by atoms with Crippen molar-refractivity contribution in [3.8, 4) is 10.6 Å². The minimum absolute atomic E-state index is 0.0200. The molecule has 6 nitrogen and oxygen atoms in total. The van der Waals surface area contributed by atoms with Crippen LogP contribution in [-0.2, 0) is 14.8 Å². The molecule has 0 radical (unpaired) electrons. The zero-order chi connectivity index (χ0) is 15.7. The van der Waals surface area contributed by atoms with E-state index in [0.29, 0.717) is 18.9 Å². The topological polar surface area (TPSA) is 81.4 Å². The van der Waals surface area contributed by atoms with Crippen molar-refractivity contribution in [2.24, 2.45) is 0 Å². The second-order valence-corrected chi connectivity index (χ2v) is 8.41. The largest absolute Gasteiger partial charge is 0.377 e. The first-order chi connectivity index (χ1) is 10.5. The number of hydrogen-bond acceptors (Lipinski definition) is 6. The third-order valence-corrected chi connectivity index (χ3v) is 6.75. The SMILES string of the molecule is Cc1noc(-c2ccc(S(=O)(=O)NCC3CCCO3)s2)c1C. The third-order valence-electron chi connectivity index (χ3n) is 3.75. The van der Waals surface area contributed by atoms with Gasteiger partial charge in [0, 0.05) is 18.7 Å². The van der Waals surface area contributed by atoms with Crippen molar-refractivity contribution in [3.05, 3.63) is 23.4 Å². The van der Waals surface area contributed by atoms with Gasteiger partial charge in [-0.1, -0.05) is 5.16 Å². The van der Waals surface area contributed by atoms with Crippen LogP contribution in [0.15, 0.2) is 20.9 Å². The molecule has 1 saturated heterocycles. The van der Waals surface area contributed by atoms with E-state index in [2.05, 4.69) is 9.88 Å². The molecule has 0 spiro atoms. The van der Waals surface area contributed by atoms with Crippen molar-refractivity contribution in [1.29, 1.82) is 0 Å². The molecule has 0 saturated carbocycles. The fraction of sp³-hybridized carbons (Fsp3) is 0.500. The summed E-state index contributed by atoms with van der Waals surface area (Å²) in [5, 5.41) is 3.90. The van der Waals surface area contributed by atoms with Crippen LogP contribution in [0, 0.1) is 13.8 Å². The molecule has 120 valence electrons. The van der Waals surface area contributed by atoms with E-state index in [1.54, 1.807) is 12.1 Å². The molecular formula is C14H18N2O4S2. The van der Waals surface area contributed by atoms with Gasteiger partial charge in [-0.05, 0) is 38.8 Å². The lowest BCUT2D eigenvalue weighted by Gasteiger charge is -2.10. The van der Waals surface area contributed by atoms with Crippen LogP contribution in [0.5, 0.6) is 0 Å². The van der Waals surface area contributed by atoms with Crippen LogP contribution in [0.2, 0.25) is 0 Å². The number of hydrogen-bond donors (Lipinski definition) is 1. The summed E-state index contributed by atoms with van der Waals surface area (Å²) in [6.07, 6.45) is 1.86. The summed E-state index contributed by atoms with van der Waals surface area (Å²) in [5.74, 6) is 0.628. The molecule has 3 rings (SSSR count). The monoisotopic (exact) mass is 342 g/mol. The van der Waals surface area contributed by atoms with Crippen molar-refractivity contribution in [3.63, 3.8) is 0 Å². The Kier molecular flexibility index (Phi) is 4.35. The molecule has 1 N–H and O–H groups in total. The van der Waals surface area contributed by atoms with E-state index in [1.807, 2.05) is 13.8 Å². The number of nitrogens with zero attached hydrogens (tertiary/aromatic N) is 1. The number of aromatic nitrogens is 1. The Morgan fingerprint density at radius 1 is 1.41 bits per heavy atom. The summed E-state index contributed by atoms with van der Waals surface area (Å²) < 4.78 is 38.2. The van der Waals surface area contributed by atoms with Crippen molar-refractivity contribution >= 4 is 21.4 Å². The predicted octanol–water partition coefficient (Wildman–Crippen LogP) is 2.48. The predicted molar refractivity (Wildman–Crippen MR) is 83.5 cm³/mol. The lowest BCUT2D eigenvalue weighted by molar-refractivity contribution is 0.114. The fourth-order valence-corrected chi connectivity index (χ4v) is 4.76. The van der Waals surface area contributed by atoms with Gasteiger partial charge in [-0.3, -0.25) is 0 Å². The second kappa shape index (κ2) is 6.11. The van der Waals surface area contributed by atoms with E-state index >= 15 is 0 Å². The molecular weight excluding hydrogens is 324 g/mol. The third kappa shape index (κ3) is 3.10. The van der Waals surface area contributed by atoms with Gasteiger partial charge in [0.15, 0.2) is 5.76 Å². The number of ether oxygens (including phenoxy) is 1. The van der Waals surface area contributed by atoms with Crippen LogP contribution in [0.1, 0.15) is 24.1 Å². The first-order valence-corrected chi connectivity index (χ1v) is 9.41. The maximum atomic E-state index is 12.3. The van der Waals surface area contributed by atoms with Gasteiger partial charge in [-0.2, -0.15) is 0 Å². The molecule has 0 bridgehead atoms. The van der Waals surface area contributed by atoms with Crippen LogP contribution in [0.4, 0.5) is 0 Å². The highest BCUT2D eigenvalue weighted by Gasteiger charge is 2.23. The summed E-state index contributed by atoms with van der Waals surface area (Å²) in [6.45, 7) is 4.79. The molecule has 3 heterocycles. The summed E-state index contributed by atoms with van der Waals surface area (Å²) in [7, 11) is -3.51. The Labute approximate surface area is 133 Å². The molecule has 1 fully saturated rings. The zero-order valence-corrected chi connectivity index (χ0v) is 14.1. The summed E-state index contributed by atoms with van der Waals surface area (Å²) in [5.41, 5.74) is 1.74. The van der Waals surface area contributed by atoms with E-state index in [9.17, 15) is 8.42 Å². The molecule has 2 aromatic rings. The Morgan fingerprint density at radius 3 is 2.86 bits per heavy atom. The zero-order valence-electron chi connectivity index (χ0n) is 12.5. The first kappa shape index (κ1) is 15.7. The maximum absolute atomic E-state index is 12.3. The smallest absolute Gasteiger partial charge is 0.250 e. The normalized spacial score (nSPS) is 18.9. The van der Waals surface area contributed by atoms with Crippen LogP contribution in [-0.4, -0.2) is 32.8 Å². The molecule has 1 unspecified atom stereocenters. The number of thiophene rings is 1. The van der Waals surface area contributed by atoms with Gasteiger partial charge in [0.2, 0.25) is 10.0 Å². The number of aryl methyl sites for hydroxylation is 1. The summed E-state index contributed by atoms with van der Waals surface area (Å²) in [4.78, 5) is 0.760. The van der Waals surface area contributed by atoms with E-state index < -0.39 is 10.0 Å². The molecule has 22 heavy (non-hydrogen) atoms. The minimum Gasteiger partial charge on any atom is -0.377 e. The highest BCUT2D eigenvalue weighted by Crippen LogP contribution is 2.33. The lowest BCUT2D eigenvalue weighted by atomic mass is 10.2. The number of rotatable bonds is 5. The minimum atomic E-state index is -3.51. The van der Waals surface area contributed by atoms with Crippen LogP contribution < -0.4 is 4.72 Å². The van der Waals surface area contributed by atoms with Crippen molar-refractivity contribution in [1.82, 2.24) is 9.88 Å². The Hall–Kier alpha value is -1.22. The molecule has 1 aliphatic heterocycles. The number of sulfonamides is 1. The van der Waals surface area contributed by atoms with E-state index in [-0.39, 0.29) is 10.3 Å². The van der Waals surface area contributed by atoms with Crippen LogP contribution in [0.25, 0.3) is 10.6 Å². The van der Waals surface area contributed by atoms with Gasteiger partial charge in [0.05, 0.1) is 16.7 Å². The average molecular weight is 342 g/mol. The summed E-state index contributed by atoms with van der Waals surface area (Å²) >= 11 is 1.18. The van der Waals surface area contributed by atoms with E-state index in [4.69, 9.17) is 9.26 Å². The van der Waals surface area contributed by atoms with Crippen molar-refractivity contribution in [2.45, 2.75) is 37.0 Å². The molecule has 0 amide bonds. The van der Waals surface area contributed by atoms with Gasteiger partial charge < -0.3 is 9.26 Å². The Balaban J connectivity index is 1.76. The molecule has 0 aliphatic carbocycles. The first-order valence-electron chi connectivity index (χ1n) is 7.12. The Bertz CT molecular complexity index is 758. The lowest BCUT2D eigenvalue weighted by Crippen LogP contribution is -2.31. The van der Waals surface area contributed by atoms with Gasteiger partial charge in [-0.15, -0.1) is 11.3 Å². The highest BCUT2D eigenvalue weighted by molar-refractivity contribution is 7.91.